The number of aromatic amines is 1. The van der Waals surface area contributed by atoms with Gasteiger partial charge in [-0.2, -0.15) is 5.10 Å². The topological polar surface area (TPSA) is 91.2 Å². The zero-order valence-electron chi connectivity index (χ0n) is 17.9. The number of carbonyl (C=O) groups excluding carboxylic acids is 1. The Morgan fingerprint density at radius 1 is 1.31 bits per heavy atom. The van der Waals surface area contributed by atoms with Gasteiger partial charge in [0.1, 0.15) is 12.2 Å². The van der Waals surface area contributed by atoms with E-state index in [1.54, 1.807) is 0 Å². The average molecular weight is 470 g/mol. The van der Waals surface area contributed by atoms with E-state index in [-0.39, 0.29) is 11.9 Å². The molecule has 1 fully saturated rings. The first kappa shape index (κ1) is 21.0. The monoisotopic (exact) mass is 469 g/mol. The highest BCUT2D eigenvalue weighted by molar-refractivity contribution is 7.19. The number of H-pyrrole nitrogens is 1. The number of thiophene rings is 1. The van der Waals surface area contributed by atoms with Gasteiger partial charge in [0.05, 0.1) is 38.4 Å². The minimum absolute atomic E-state index is 0.175. The fraction of sp³-hybridized carbons (Fsp3) is 0.364. The SMILES string of the molecule is CC1CCN(c2cc(C(=O)N[C@@H](C)c3ncn[nH]3)cn3c(-c4ccc(Cl)s4)cnc23)CC1. The minimum Gasteiger partial charge on any atom is -0.368 e. The number of fused-ring (bicyclic) bond motifs is 1. The average Bonchev–Trinajstić information content (AvgIpc) is 3.54. The summed E-state index contributed by atoms with van der Waals surface area (Å²) in [5.41, 5.74) is 3.31. The number of amides is 1. The number of halogens is 1. The van der Waals surface area contributed by atoms with Gasteiger partial charge in [-0.1, -0.05) is 18.5 Å². The molecule has 0 radical (unpaired) electrons. The first-order valence-corrected chi connectivity index (χ1v) is 11.9. The number of hydrogen-bond acceptors (Lipinski definition) is 6. The molecule has 4 aromatic heterocycles. The molecule has 5 rings (SSSR count). The van der Waals surface area contributed by atoms with Crippen molar-refractivity contribution in [1.82, 2.24) is 29.9 Å². The summed E-state index contributed by atoms with van der Waals surface area (Å²) in [7, 11) is 0. The molecule has 32 heavy (non-hydrogen) atoms. The Bertz CT molecular complexity index is 1240. The van der Waals surface area contributed by atoms with Crippen LogP contribution in [0.3, 0.4) is 0 Å². The van der Waals surface area contributed by atoms with Gasteiger partial charge in [-0.3, -0.25) is 14.3 Å². The van der Waals surface area contributed by atoms with Gasteiger partial charge in [0.2, 0.25) is 0 Å². The van der Waals surface area contributed by atoms with Crippen molar-refractivity contribution in [3.63, 3.8) is 0 Å². The maximum Gasteiger partial charge on any atom is 0.253 e. The number of aromatic nitrogens is 5. The number of pyridine rings is 1. The highest BCUT2D eigenvalue weighted by Gasteiger charge is 2.23. The summed E-state index contributed by atoms with van der Waals surface area (Å²) in [5.74, 6) is 1.15. The lowest BCUT2D eigenvalue weighted by atomic mass is 9.99. The van der Waals surface area contributed by atoms with Crippen LogP contribution in [0, 0.1) is 5.92 Å². The van der Waals surface area contributed by atoms with Crippen molar-refractivity contribution < 1.29 is 4.79 Å². The summed E-state index contributed by atoms with van der Waals surface area (Å²) in [6.45, 7) is 6.06. The first-order chi connectivity index (χ1) is 15.5. The minimum atomic E-state index is -0.293. The van der Waals surface area contributed by atoms with Crippen LogP contribution in [0.1, 0.15) is 48.9 Å². The summed E-state index contributed by atoms with van der Waals surface area (Å²) in [6, 6.07) is 5.52. The second kappa shape index (κ2) is 8.55. The van der Waals surface area contributed by atoms with Gasteiger partial charge in [-0.15, -0.1) is 11.3 Å². The molecule has 0 spiro atoms. The molecule has 0 unspecified atom stereocenters. The summed E-state index contributed by atoms with van der Waals surface area (Å²) >= 11 is 7.68. The van der Waals surface area contributed by atoms with Crippen LogP contribution in [0.2, 0.25) is 4.34 Å². The smallest absolute Gasteiger partial charge is 0.253 e. The number of piperidine rings is 1. The van der Waals surface area contributed by atoms with E-state index >= 15 is 0 Å². The van der Waals surface area contributed by atoms with Crippen molar-refractivity contribution in [2.75, 3.05) is 18.0 Å². The van der Waals surface area contributed by atoms with Crippen molar-refractivity contribution in [2.45, 2.75) is 32.7 Å². The van der Waals surface area contributed by atoms with E-state index in [9.17, 15) is 4.79 Å². The van der Waals surface area contributed by atoms with Crippen LogP contribution < -0.4 is 10.2 Å². The molecule has 4 aromatic rings. The largest absolute Gasteiger partial charge is 0.368 e. The fourth-order valence-electron chi connectivity index (χ4n) is 4.08. The third-order valence-corrected chi connectivity index (χ3v) is 7.24. The highest BCUT2D eigenvalue weighted by Crippen LogP contribution is 2.35. The zero-order chi connectivity index (χ0) is 22.2. The summed E-state index contributed by atoms with van der Waals surface area (Å²) < 4.78 is 2.72. The van der Waals surface area contributed by atoms with Crippen LogP contribution in [0.5, 0.6) is 0 Å². The van der Waals surface area contributed by atoms with E-state index in [0.29, 0.717) is 17.3 Å². The molecule has 1 saturated heterocycles. The van der Waals surface area contributed by atoms with Gasteiger partial charge in [0, 0.05) is 19.3 Å². The molecule has 0 bridgehead atoms. The second-order valence-corrected chi connectivity index (χ2v) is 10.0. The number of rotatable bonds is 5. The molecule has 0 aliphatic carbocycles. The molecule has 0 saturated carbocycles. The number of hydrogen-bond donors (Lipinski definition) is 2. The molecule has 1 aliphatic heterocycles. The van der Waals surface area contributed by atoms with Gasteiger partial charge < -0.3 is 10.2 Å². The van der Waals surface area contributed by atoms with Crippen LogP contribution in [-0.2, 0) is 0 Å². The van der Waals surface area contributed by atoms with Crippen molar-refractivity contribution >= 4 is 40.2 Å². The van der Waals surface area contributed by atoms with E-state index < -0.39 is 0 Å². The Morgan fingerprint density at radius 2 is 2.12 bits per heavy atom. The van der Waals surface area contributed by atoms with Crippen LogP contribution >= 0.6 is 22.9 Å². The Hall–Kier alpha value is -2.91. The molecular weight excluding hydrogens is 446 g/mol. The van der Waals surface area contributed by atoms with Gasteiger partial charge in [-0.05, 0) is 43.9 Å². The fourth-order valence-corrected chi connectivity index (χ4v) is 5.13. The maximum atomic E-state index is 13.2. The lowest BCUT2D eigenvalue weighted by Gasteiger charge is -2.32. The zero-order valence-corrected chi connectivity index (χ0v) is 19.5. The molecular formula is C22H24ClN7OS. The molecule has 2 N–H and O–H groups in total. The van der Waals surface area contributed by atoms with Crippen LogP contribution in [0.15, 0.2) is 36.9 Å². The summed E-state index contributed by atoms with van der Waals surface area (Å²) in [4.78, 5) is 25.4. The molecule has 5 heterocycles. The second-order valence-electron chi connectivity index (χ2n) is 8.29. The molecule has 1 aliphatic rings. The van der Waals surface area contributed by atoms with E-state index in [2.05, 4.69) is 32.3 Å². The highest BCUT2D eigenvalue weighted by atomic mass is 35.5. The van der Waals surface area contributed by atoms with Crippen molar-refractivity contribution in [2.24, 2.45) is 5.92 Å². The predicted molar refractivity (Wildman–Crippen MR) is 126 cm³/mol. The summed E-state index contributed by atoms with van der Waals surface area (Å²) in [6.07, 6.45) is 7.39. The quantitative estimate of drug-likeness (QED) is 0.447. The van der Waals surface area contributed by atoms with Crippen molar-refractivity contribution in [3.05, 3.63) is 52.6 Å². The van der Waals surface area contributed by atoms with Crippen molar-refractivity contribution in [1.29, 1.82) is 0 Å². The van der Waals surface area contributed by atoms with Gasteiger partial charge in [0.15, 0.2) is 5.65 Å². The Morgan fingerprint density at radius 3 is 2.81 bits per heavy atom. The molecule has 1 amide bonds. The van der Waals surface area contributed by atoms with Crippen LogP contribution in [-0.4, -0.2) is 43.6 Å². The van der Waals surface area contributed by atoms with Gasteiger partial charge in [-0.25, -0.2) is 9.97 Å². The Balaban J connectivity index is 1.56. The number of anilines is 1. The van der Waals surface area contributed by atoms with Gasteiger partial charge in [0.25, 0.3) is 5.91 Å². The summed E-state index contributed by atoms with van der Waals surface area (Å²) in [5, 5.41) is 9.69. The number of imidazole rings is 1. The standard InChI is InChI=1S/C22H24ClN7OS/c1-13-5-7-29(8-6-13)16-9-15(22(31)27-14(2)20-25-12-26-28-20)11-30-17(10-24-21(16)30)18-3-4-19(23)32-18/h3-4,9-14H,5-8H2,1-2H3,(H,27,31)(H,25,26,28)/t14-/m0/s1. The third-order valence-electron chi connectivity index (χ3n) is 5.99. The van der Waals surface area contributed by atoms with Crippen LogP contribution in [0.4, 0.5) is 5.69 Å². The molecule has 0 aromatic carbocycles. The van der Waals surface area contributed by atoms with E-state index in [0.717, 1.165) is 52.2 Å². The molecule has 166 valence electrons. The lowest BCUT2D eigenvalue weighted by Crippen LogP contribution is -2.34. The maximum absolute atomic E-state index is 13.2. The van der Waals surface area contributed by atoms with E-state index in [1.807, 2.05) is 41.9 Å². The Kier molecular flexibility index (Phi) is 5.60. The number of carbonyl (C=O) groups is 1. The van der Waals surface area contributed by atoms with E-state index in [4.69, 9.17) is 16.6 Å². The number of nitrogens with one attached hydrogen (secondary N) is 2. The van der Waals surface area contributed by atoms with Crippen molar-refractivity contribution in [3.8, 4) is 10.6 Å². The van der Waals surface area contributed by atoms with Gasteiger partial charge >= 0.3 is 0 Å². The van der Waals surface area contributed by atoms with E-state index in [1.165, 1.54) is 17.7 Å². The lowest BCUT2D eigenvalue weighted by molar-refractivity contribution is 0.0938. The van der Waals surface area contributed by atoms with Crippen LogP contribution in [0.25, 0.3) is 16.2 Å². The molecule has 1 atom stereocenters. The third kappa shape index (κ3) is 3.98. The number of nitrogens with zero attached hydrogens (tertiary/aromatic N) is 5. The Labute approximate surface area is 194 Å². The predicted octanol–water partition coefficient (Wildman–Crippen LogP) is 4.56. The first-order valence-electron chi connectivity index (χ1n) is 10.7. The normalized spacial score (nSPS) is 15.9. The molecule has 10 heteroatoms. The molecule has 8 nitrogen and oxygen atoms in total.